The lowest BCUT2D eigenvalue weighted by atomic mass is 9.90. The number of nitrogens with one attached hydrogen (secondary N) is 1. The van der Waals surface area contributed by atoms with Crippen molar-refractivity contribution >= 4 is 52.4 Å². The van der Waals surface area contributed by atoms with Crippen molar-refractivity contribution < 1.29 is 15.0 Å². The van der Waals surface area contributed by atoms with Crippen LogP contribution in [-0.2, 0) is 16.8 Å². The second-order valence-corrected chi connectivity index (χ2v) is 18.8. The van der Waals surface area contributed by atoms with Crippen molar-refractivity contribution in [3.05, 3.63) is 183 Å². The molecule has 6 nitrogen and oxygen atoms in total. The van der Waals surface area contributed by atoms with Gasteiger partial charge in [-0.15, -0.1) is 0 Å². The van der Waals surface area contributed by atoms with Crippen LogP contribution >= 0.6 is 23.4 Å². The Morgan fingerprint density at radius 3 is 2.26 bits per heavy atom. The Bertz CT molecular complexity index is 2400. The fourth-order valence-corrected chi connectivity index (χ4v) is 10.0. The number of carboxylic acid groups (broad SMARTS) is 1. The molecule has 316 valence electrons. The molecule has 0 amide bonds. The molecule has 1 aromatic heterocycles. The minimum Gasteiger partial charge on any atom is -0.481 e. The van der Waals surface area contributed by atoms with Gasteiger partial charge in [-0.25, -0.2) is 4.98 Å². The lowest BCUT2D eigenvalue weighted by Gasteiger charge is -2.35. The topological polar surface area (TPSA) is 85.7 Å². The third-order valence-electron chi connectivity index (χ3n) is 11.9. The minimum atomic E-state index is -0.911. The van der Waals surface area contributed by atoms with Crippen molar-refractivity contribution in [1.82, 2.24) is 15.2 Å². The Hall–Kier alpha value is -4.76. The van der Waals surface area contributed by atoms with E-state index < -0.39 is 11.6 Å². The molecule has 0 spiro atoms. The summed E-state index contributed by atoms with van der Waals surface area (Å²) in [5.41, 5.74) is 9.25. The van der Waals surface area contributed by atoms with Crippen molar-refractivity contribution in [1.29, 1.82) is 0 Å². The highest BCUT2D eigenvalue weighted by atomic mass is 35.5. The fraction of sp³-hybridized carbons (Fsp3) is 0.321. The summed E-state index contributed by atoms with van der Waals surface area (Å²) in [6.07, 6.45) is 8.02. The molecule has 6 aromatic rings. The maximum absolute atomic E-state index is 11.5. The van der Waals surface area contributed by atoms with E-state index in [-0.39, 0.29) is 17.1 Å². The first-order valence-electron chi connectivity index (χ1n) is 21.5. The molecule has 61 heavy (non-hydrogen) atoms. The van der Waals surface area contributed by atoms with Gasteiger partial charge in [0.1, 0.15) is 0 Å². The number of halogens is 1. The number of piperazine rings is 1. The second-order valence-electron chi connectivity index (χ2n) is 17.2. The van der Waals surface area contributed by atoms with Crippen LogP contribution in [0, 0.1) is 12.3 Å². The summed E-state index contributed by atoms with van der Waals surface area (Å²) in [4.78, 5) is 18.8. The summed E-state index contributed by atoms with van der Waals surface area (Å²) in [5.74, 6) is 0.122. The summed E-state index contributed by atoms with van der Waals surface area (Å²) in [6.45, 7) is 10.2. The van der Waals surface area contributed by atoms with Crippen LogP contribution in [0.15, 0.2) is 133 Å². The average Bonchev–Trinajstić information content (AvgIpc) is 4.03. The zero-order valence-electron chi connectivity index (χ0n) is 35.6. The molecule has 1 saturated carbocycles. The van der Waals surface area contributed by atoms with Gasteiger partial charge in [0, 0.05) is 47.6 Å². The molecule has 0 radical (unpaired) electrons. The number of aliphatic hydroxyl groups is 1. The Morgan fingerprint density at radius 2 is 1.54 bits per heavy atom. The summed E-state index contributed by atoms with van der Waals surface area (Å²) in [6, 6.07) is 46.7. The molecular formula is C53H58ClN3O3S. The number of benzene rings is 5. The number of aromatic nitrogens is 1. The SMILES string of the molecule is CC(C)(O)c1ccccc1CC[C@@H](SCC1(CC(=O)O)CC1)c1cccc(C=Cc2ccc3ccc(Cl)cc3n2)c1.Cc1ccc(C(c2ccccc2)N2CCNCC2)cc1. The smallest absolute Gasteiger partial charge is 0.303 e. The van der Waals surface area contributed by atoms with Gasteiger partial charge in [-0.1, -0.05) is 139 Å². The van der Waals surface area contributed by atoms with E-state index in [1.807, 2.05) is 74.1 Å². The number of thioether (sulfide) groups is 1. The van der Waals surface area contributed by atoms with Crippen molar-refractivity contribution in [2.45, 2.75) is 69.8 Å². The molecule has 1 unspecified atom stereocenters. The molecule has 2 heterocycles. The van der Waals surface area contributed by atoms with Gasteiger partial charge >= 0.3 is 5.97 Å². The number of nitrogens with zero attached hydrogens (tertiary/aromatic N) is 2. The Balaban J connectivity index is 0.000000233. The van der Waals surface area contributed by atoms with Crippen LogP contribution in [0.2, 0.25) is 5.02 Å². The Labute approximate surface area is 371 Å². The van der Waals surface area contributed by atoms with Gasteiger partial charge in [0.2, 0.25) is 0 Å². The zero-order valence-corrected chi connectivity index (χ0v) is 37.1. The minimum absolute atomic E-state index is 0.0814. The monoisotopic (exact) mass is 851 g/mol. The molecule has 1 aliphatic carbocycles. The number of pyridine rings is 1. The quantitative estimate of drug-likeness (QED) is 0.0949. The maximum Gasteiger partial charge on any atom is 0.303 e. The first kappa shape index (κ1) is 44.3. The highest BCUT2D eigenvalue weighted by Crippen LogP contribution is 2.53. The van der Waals surface area contributed by atoms with Crippen molar-refractivity contribution in [2.24, 2.45) is 5.41 Å². The van der Waals surface area contributed by atoms with Gasteiger partial charge in [0.25, 0.3) is 0 Å². The number of aryl methyl sites for hydroxylation is 2. The molecular weight excluding hydrogens is 794 g/mol. The van der Waals surface area contributed by atoms with E-state index in [1.54, 1.807) is 0 Å². The number of fused-ring (bicyclic) bond motifs is 1. The number of hydrogen-bond donors (Lipinski definition) is 3. The van der Waals surface area contributed by atoms with Crippen LogP contribution in [0.1, 0.15) is 95.5 Å². The number of aliphatic carboxylic acids is 1. The molecule has 8 rings (SSSR count). The van der Waals surface area contributed by atoms with E-state index in [1.165, 1.54) is 22.3 Å². The van der Waals surface area contributed by atoms with Gasteiger partial charge in [-0.3, -0.25) is 9.69 Å². The van der Waals surface area contributed by atoms with E-state index in [0.29, 0.717) is 11.1 Å². The first-order chi connectivity index (χ1) is 29.4. The Morgan fingerprint density at radius 1 is 0.852 bits per heavy atom. The molecule has 3 N–H and O–H groups in total. The third kappa shape index (κ3) is 12.4. The van der Waals surface area contributed by atoms with Crippen LogP contribution in [-0.4, -0.2) is 58.0 Å². The van der Waals surface area contributed by atoms with Crippen LogP contribution in [0.25, 0.3) is 23.1 Å². The van der Waals surface area contributed by atoms with Gasteiger partial charge in [0.05, 0.1) is 29.3 Å². The van der Waals surface area contributed by atoms with Crippen molar-refractivity contribution in [3.63, 3.8) is 0 Å². The number of carboxylic acids is 1. The van der Waals surface area contributed by atoms with Crippen LogP contribution < -0.4 is 5.32 Å². The number of carbonyl (C=O) groups is 1. The van der Waals surface area contributed by atoms with E-state index >= 15 is 0 Å². The molecule has 0 bridgehead atoms. The van der Waals surface area contributed by atoms with Gasteiger partial charge in [0.15, 0.2) is 0 Å². The standard InChI is InChI=1S/C35H36ClNO3S.C18H22N2/c1-34(2,40)30-9-4-3-7-25(30)13-17-32(41-23-35(18-19-35)22-33(38)39)27-8-5-6-24(20-27)10-15-29-16-12-26-11-14-28(36)21-31(26)37-29;1-15-7-9-17(10-8-15)18(16-5-3-2-4-6-16)20-13-11-19-12-14-20/h3-12,14-16,20-21,32,40H,13,17-19,22-23H2,1-2H3,(H,38,39);2-10,18-19H,11-14H2,1H3/t32-;/m1./s1. The Kier molecular flexibility index (Phi) is 14.8. The van der Waals surface area contributed by atoms with E-state index in [2.05, 4.69) is 114 Å². The van der Waals surface area contributed by atoms with E-state index in [4.69, 9.17) is 16.6 Å². The molecule has 2 fully saturated rings. The molecule has 1 saturated heterocycles. The molecule has 2 atom stereocenters. The van der Waals surface area contributed by atoms with Crippen molar-refractivity contribution in [2.75, 3.05) is 31.9 Å². The predicted molar refractivity (Wildman–Crippen MR) is 255 cm³/mol. The average molecular weight is 853 g/mol. The number of hydrogen-bond acceptors (Lipinski definition) is 6. The lowest BCUT2D eigenvalue weighted by Crippen LogP contribution is -2.45. The summed E-state index contributed by atoms with van der Waals surface area (Å²) in [5, 5.41) is 25.5. The van der Waals surface area contributed by atoms with Crippen molar-refractivity contribution in [3.8, 4) is 0 Å². The summed E-state index contributed by atoms with van der Waals surface area (Å²) in [7, 11) is 0. The van der Waals surface area contributed by atoms with Gasteiger partial charge < -0.3 is 15.5 Å². The molecule has 2 aliphatic rings. The highest BCUT2D eigenvalue weighted by Gasteiger charge is 2.44. The normalized spacial score (nSPS) is 16.1. The van der Waals surface area contributed by atoms with Gasteiger partial charge in [-0.2, -0.15) is 11.8 Å². The van der Waals surface area contributed by atoms with Crippen LogP contribution in [0.4, 0.5) is 0 Å². The van der Waals surface area contributed by atoms with E-state index in [0.717, 1.165) is 90.9 Å². The maximum atomic E-state index is 11.5. The fourth-order valence-electron chi connectivity index (χ4n) is 8.30. The third-order valence-corrected chi connectivity index (χ3v) is 13.8. The largest absolute Gasteiger partial charge is 0.481 e. The predicted octanol–water partition coefficient (Wildman–Crippen LogP) is 11.9. The van der Waals surface area contributed by atoms with E-state index in [9.17, 15) is 15.0 Å². The highest BCUT2D eigenvalue weighted by molar-refractivity contribution is 7.99. The van der Waals surface area contributed by atoms with Gasteiger partial charge in [-0.05, 0) is 110 Å². The molecule has 8 heteroatoms. The lowest BCUT2D eigenvalue weighted by molar-refractivity contribution is -0.138. The number of rotatable bonds is 15. The summed E-state index contributed by atoms with van der Waals surface area (Å²) >= 11 is 8.04. The van der Waals surface area contributed by atoms with Crippen LogP contribution in [0.5, 0.6) is 0 Å². The molecule has 5 aromatic carbocycles. The zero-order chi connectivity index (χ0) is 42.8. The second kappa shape index (κ2) is 20.4. The summed E-state index contributed by atoms with van der Waals surface area (Å²) < 4.78 is 0. The molecule has 1 aliphatic heterocycles. The van der Waals surface area contributed by atoms with Crippen LogP contribution in [0.3, 0.4) is 0 Å². The first-order valence-corrected chi connectivity index (χ1v) is 22.9.